The van der Waals surface area contributed by atoms with Crippen LogP contribution in [0.3, 0.4) is 0 Å². The fourth-order valence-corrected chi connectivity index (χ4v) is 10.4. The summed E-state index contributed by atoms with van der Waals surface area (Å²) in [7, 11) is 0. The van der Waals surface area contributed by atoms with Gasteiger partial charge in [-0.05, 0) is 69.1 Å². The van der Waals surface area contributed by atoms with Crippen LogP contribution in [-0.4, -0.2) is 29.1 Å². The summed E-state index contributed by atoms with van der Waals surface area (Å²) in [4.78, 5) is 5.73. The topological polar surface area (TPSA) is 6.48 Å². The third-order valence-electron chi connectivity index (χ3n) is 12.3. The summed E-state index contributed by atoms with van der Waals surface area (Å²) in [5.41, 5.74) is 0.590. The van der Waals surface area contributed by atoms with Gasteiger partial charge >= 0.3 is 0 Å². The minimum absolute atomic E-state index is 0.590. The summed E-state index contributed by atoms with van der Waals surface area (Å²) in [5, 5.41) is 0. The van der Waals surface area contributed by atoms with Gasteiger partial charge in [-0.25, -0.2) is 0 Å². The third-order valence-corrected chi connectivity index (χ3v) is 12.3. The smallest absolute Gasteiger partial charge is 0.106 e. The Bertz CT molecular complexity index is 654. The lowest BCUT2D eigenvalue weighted by Gasteiger charge is -2.61. The van der Waals surface area contributed by atoms with Gasteiger partial charge in [0, 0.05) is 30.9 Å². The first-order valence-electron chi connectivity index (χ1n) is 20.4. The van der Waals surface area contributed by atoms with Crippen molar-refractivity contribution < 1.29 is 0 Å². The van der Waals surface area contributed by atoms with Crippen molar-refractivity contribution in [3.8, 4) is 0 Å². The molecular weight excluding hydrogens is 520 g/mol. The fraction of sp³-hybridized carbons (Fsp3) is 0.951. The Morgan fingerprint density at radius 2 is 0.698 bits per heavy atom. The van der Waals surface area contributed by atoms with Gasteiger partial charge in [0.25, 0.3) is 0 Å². The predicted molar refractivity (Wildman–Crippen MR) is 189 cm³/mol. The molecule has 0 unspecified atom stereocenters. The summed E-state index contributed by atoms with van der Waals surface area (Å²) in [6, 6.07) is 0. The average molecular weight is 597 g/mol. The highest BCUT2D eigenvalue weighted by Gasteiger charge is 2.57. The summed E-state index contributed by atoms with van der Waals surface area (Å²) in [5.74, 6) is 3.15. The van der Waals surface area contributed by atoms with Crippen LogP contribution in [0, 0.1) is 23.2 Å². The zero-order valence-corrected chi connectivity index (χ0v) is 29.5. The Kier molecular flexibility index (Phi) is 16.7. The summed E-state index contributed by atoms with van der Waals surface area (Å²) in [6.07, 6.45) is 49.9. The Morgan fingerprint density at radius 1 is 0.419 bits per heavy atom. The number of rotatable bonds is 27. The summed E-state index contributed by atoms with van der Waals surface area (Å²) < 4.78 is 0. The van der Waals surface area contributed by atoms with E-state index in [0.717, 1.165) is 17.8 Å². The molecule has 250 valence electrons. The molecule has 0 spiro atoms. The maximum absolute atomic E-state index is 2.87. The summed E-state index contributed by atoms with van der Waals surface area (Å²) >= 11 is 0. The first-order valence-corrected chi connectivity index (χ1v) is 20.4. The van der Waals surface area contributed by atoms with Crippen LogP contribution in [0.25, 0.3) is 0 Å². The second-order valence-corrected chi connectivity index (χ2v) is 16.2. The van der Waals surface area contributed by atoms with Crippen molar-refractivity contribution in [2.75, 3.05) is 13.1 Å². The molecule has 0 aromatic heterocycles. The zero-order valence-electron chi connectivity index (χ0n) is 29.5. The van der Waals surface area contributed by atoms with Crippen molar-refractivity contribution in [1.82, 2.24) is 9.80 Å². The lowest BCUT2D eigenvalue weighted by atomic mass is 9.48. The number of hydrogen-bond donors (Lipinski definition) is 0. The fourth-order valence-electron chi connectivity index (χ4n) is 10.4. The lowest BCUT2D eigenvalue weighted by Crippen LogP contribution is -2.59. The first kappa shape index (κ1) is 35.2. The van der Waals surface area contributed by atoms with Gasteiger partial charge in [-0.1, -0.05) is 155 Å². The van der Waals surface area contributed by atoms with Crippen LogP contribution in [0.15, 0.2) is 12.4 Å². The Balaban J connectivity index is 1.13. The van der Waals surface area contributed by atoms with Gasteiger partial charge in [0.1, 0.15) is 6.17 Å². The normalized spacial score (nSPS) is 26.4. The molecule has 0 N–H and O–H groups in total. The molecule has 4 saturated carbocycles. The minimum Gasteiger partial charge on any atom is -0.356 e. The van der Waals surface area contributed by atoms with Crippen LogP contribution in [0.1, 0.15) is 206 Å². The number of hydrogen-bond acceptors (Lipinski definition) is 2. The van der Waals surface area contributed by atoms with Crippen LogP contribution < -0.4 is 0 Å². The third kappa shape index (κ3) is 11.9. The standard InChI is InChI=1S/C41H76N2/c1-3-5-7-9-11-13-15-17-19-21-23-25-27-42-29-30-43(28-26-24-22-20-18-16-14-12-10-8-6-4-2)40(42)41-34-37-31-38(35-41)33-39(32-37)36-41/h29-30,37-40H,3-28,31-36H2,1-2H3. The van der Waals surface area contributed by atoms with Crippen LogP contribution in [0.2, 0.25) is 0 Å². The highest BCUT2D eigenvalue weighted by atomic mass is 15.4. The van der Waals surface area contributed by atoms with Crippen molar-refractivity contribution in [2.24, 2.45) is 23.2 Å². The number of unbranched alkanes of at least 4 members (excludes halogenated alkanes) is 22. The van der Waals surface area contributed by atoms with E-state index in [1.807, 2.05) is 0 Å². The van der Waals surface area contributed by atoms with Gasteiger partial charge < -0.3 is 9.80 Å². The molecule has 1 aliphatic heterocycles. The highest BCUT2D eigenvalue weighted by molar-refractivity contribution is 5.11. The molecule has 0 aromatic carbocycles. The Hall–Kier alpha value is -0.660. The molecule has 0 radical (unpaired) electrons. The van der Waals surface area contributed by atoms with Crippen LogP contribution in [0.5, 0.6) is 0 Å². The number of nitrogens with zero attached hydrogens (tertiary/aromatic N) is 2. The van der Waals surface area contributed by atoms with E-state index < -0.39 is 0 Å². The van der Waals surface area contributed by atoms with E-state index in [1.54, 1.807) is 19.3 Å². The molecule has 4 fully saturated rings. The summed E-state index contributed by atoms with van der Waals surface area (Å²) in [6.45, 7) is 7.24. The highest BCUT2D eigenvalue weighted by Crippen LogP contribution is 2.62. The van der Waals surface area contributed by atoms with E-state index in [2.05, 4.69) is 36.0 Å². The first-order chi connectivity index (χ1) is 21.2. The molecule has 4 bridgehead atoms. The molecule has 4 aliphatic carbocycles. The van der Waals surface area contributed by atoms with Gasteiger partial charge in [0.15, 0.2) is 0 Å². The van der Waals surface area contributed by atoms with Crippen molar-refractivity contribution in [2.45, 2.75) is 213 Å². The molecule has 0 saturated heterocycles. The average Bonchev–Trinajstić information content (AvgIpc) is 3.41. The molecule has 5 rings (SSSR count). The van der Waals surface area contributed by atoms with Gasteiger partial charge in [-0.15, -0.1) is 0 Å². The molecule has 0 aromatic rings. The molecule has 2 heteroatoms. The van der Waals surface area contributed by atoms with Crippen LogP contribution in [0.4, 0.5) is 0 Å². The molecular formula is C41H76N2. The SMILES string of the molecule is CCCCCCCCCCCCCCN1C=CN(CCCCCCCCCCCCCC)C1C12CC3CC(CC(C3)C1)C2. The van der Waals surface area contributed by atoms with Crippen molar-refractivity contribution in [3.05, 3.63) is 12.4 Å². The lowest BCUT2D eigenvalue weighted by molar-refractivity contribution is -0.122. The Labute approximate surface area is 270 Å². The van der Waals surface area contributed by atoms with E-state index in [-0.39, 0.29) is 0 Å². The second kappa shape index (κ2) is 20.5. The Morgan fingerprint density at radius 3 is 1.00 bits per heavy atom. The van der Waals surface area contributed by atoms with Crippen molar-refractivity contribution >= 4 is 0 Å². The molecule has 0 atom stereocenters. The molecule has 2 nitrogen and oxygen atoms in total. The van der Waals surface area contributed by atoms with E-state index in [4.69, 9.17) is 0 Å². The van der Waals surface area contributed by atoms with Crippen LogP contribution in [-0.2, 0) is 0 Å². The molecule has 43 heavy (non-hydrogen) atoms. The zero-order chi connectivity index (χ0) is 30.0. The molecule has 1 heterocycles. The molecule has 5 aliphatic rings. The van der Waals surface area contributed by atoms with E-state index in [0.29, 0.717) is 11.6 Å². The second-order valence-electron chi connectivity index (χ2n) is 16.2. The maximum Gasteiger partial charge on any atom is 0.106 e. The van der Waals surface area contributed by atoms with E-state index >= 15 is 0 Å². The van der Waals surface area contributed by atoms with Crippen molar-refractivity contribution in [3.63, 3.8) is 0 Å². The predicted octanol–water partition coefficient (Wildman–Crippen LogP) is 13.0. The van der Waals surface area contributed by atoms with Gasteiger partial charge in [0.2, 0.25) is 0 Å². The van der Waals surface area contributed by atoms with Crippen molar-refractivity contribution in [1.29, 1.82) is 0 Å². The van der Waals surface area contributed by atoms with E-state index in [9.17, 15) is 0 Å². The van der Waals surface area contributed by atoms with Gasteiger partial charge in [-0.2, -0.15) is 0 Å². The van der Waals surface area contributed by atoms with Gasteiger partial charge in [-0.3, -0.25) is 0 Å². The quantitative estimate of drug-likeness (QED) is 0.0870. The van der Waals surface area contributed by atoms with E-state index in [1.165, 1.54) is 186 Å². The monoisotopic (exact) mass is 597 g/mol. The maximum atomic E-state index is 2.87. The largest absolute Gasteiger partial charge is 0.356 e. The van der Waals surface area contributed by atoms with Gasteiger partial charge in [0.05, 0.1) is 0 Å². The van der Waals surface area contributed by atoms with Crippen LogP contribution >= 0.6 is 0 Å². The molecule has 0 amide bonds. The minimum atomic E-state index is 0.590.